The number of halogens is 1. The quantitative estimate of drug-likeness (QED) is 0.293. The predicted octanol–water partition coefficient (Wildman–Crippen LogP) is 4.37. The Bertz CT molecular complexity index is 859. The van der Waals surface area contributed by atoms with Crippen molar-refractivity contribution < 1.29 is 14.2 Å². The zero-order valence-electron chi connectivity index (χ0n) is 19.4. The molecule has 180 valence electrons. The van der Waals surface area contributed by atoms with Crippen LogP contribution in [0.1, 0.15) is 36.5 Å². The summed E-state index contributed by atoms with van der Waals surface area (Å²) >= 11 is 0. The molecule has 0 bridgehead atoms. The standard InChI is InChI=1S/C26H35N3O3.HI/c1-2-27-26(29-13-15-32-25(18-29)24-12-7-14-31-24)28-17-22-10-6-11-23(16-22)20-30-19-21-8-4-3-5-9-21;/h3-6,8-11,16,24-25H,2,7,12-15,17-20H2,1H3,(H,27,28);1H. The molecule has 2 aromatic carbocycles. The lowest BCUT2D eigenvalue weighted by Gasteiger charge is -2.37. The Kier molecular flexibility index (Phi) is 10.9. The summed E-state index contributed by atoms with van der Waals surface area (Å²) in [6.07, 6.45) is 2.56. The van der Waals surface area contributed by atoms with Crippen LogP contribution in [0.5, 0.6) is 0 Å². The number of nitrogens with zero attached hydrogens (tertiary/aromatic N) is 2. The van der Waals surface area contributed by atoms with Gasteiger partial charge in [0, 0.05) is 26.2 Å². The molecule has 6 nitrogen and oxygen atoms in total. The van der Waals surface area contributed by atoms with Crippen molar-refractivity contribution in [3.63, 3.8) is 0 Å². The smallest absolute Gasteiger partial charge is 0.194 e. The van der Waals surface area contributed by atoms with Gasteiger partial charge in [-0.3, -0.25) is 0 Å². The van der Waals surface area contributed by atoms with Crippen molar-refractivity contribution in [3.8, 4) is 0 Å². The molecule has 0 amide bonds. The van der Waals surface area contributed by atoms with E-state index in [9.17, 15) is 0 Å². The van der Waals surface area contributed by atoms with Crippen molar-refractivity contribution in [1.29, 1.82) is 0 Å². The van der Waals surface area contributed by atoms with E-state index in [1.165, 1.54) is 16.7 Å². The molecule has 33 heavy (non-hydrogen) atoms. The number of aliphatic imine (C=N–C) groups is 1. The predicted molar refractivity (Wildman–Crippen MR) is 142 cm³/mol. The highest BCUT2D eigenvalue weighted by atomic mass is 127. The number of nitrogens with one attached hydrogen (secondary N) is 1. The molecular weight excluding hydrogens is 529 g/mol. The Morgan fingerprint density at radius 3 is 2.55 bits per heavy atom. The van der Waals surface area contributed by atoms with Crippen LogP contribution in [0.15, 0.2) is 59.6 Å². The largest absolute Gasteiger partial charge is 0.375 e. The summed E-state index contributed by atoms with van der Waals surface area (Å²) in [5, 5.41) is 3.46. The molecule has 0 spiro atoms. The molecule has 0 saturated carbocycles. The van der Waals surface area contributed by atoms with Gasteiger partial charge >= 0.3 is 0 Å². The fourth-order valence-electron chi connectivity index (χ4n) is 4.26. The van der Waals surface area contributed by atoms with Crippen molar-refractivity contribution in [3.05, 3.63) is 71.3 Å². The average Bonchev–Trinajstić information content (AvgIpc) is 3.38. The molecule has 0 aromatic heterocycles. The van der Waals surface area contributed by atoms with Gasteiger partial charge in [-0.2, -0.15) is 0 Å². The third-order valence-electron chi connectivity index (χ3n) is 5.89. The Morgan fingerprint density at radius 2 is 1.76 bits per heavy atom. The number of rotatable bonds is 8. The van der Waals surface area contributed by atoms with Crippen LogP contribution in [0.25, 0.3) is 0 Å². The summed E-state index contributed by atoms with van der Waals surface area (Å²) in [5.74, 6) is 0.949. The zero-order chi connectivity index (χ0) is 22.0. The van der Waals surface area contributed by atoms with Crippen LogP contribution < -0.4 is 5.32 Å². The molecule has 2 atom stereocenters. The van der Waals surface area contributed by atoms with E-state index in [-0.39, 0.29) is 36.2 Å². The molecule has 7 heteroatoms. The molecule has 0 aliphatic carbocycles. The molecule has 0 radical (unpaired) electrons. The second kappa shape index (κ2) is 13.9. The first-order chi connectivity index (χ1) is 15.8. The van der Waals surface area contributed by atoms with Crippen LogP contribution in [0.2, 0.25) is 0 Å². The zero-order valence-corrected chi connectivity index (χ0v) is 21.8. The number of hydrogen-bond donors (Lipinski definition) is 1. The van der Waals surface area contributed by atoms with Gasteiger partial charge in [-0.1, -0.05) is 54.6 Å². The number of guanidine groups is 1. The van der Waals surface area contributed by atoms with E-state index >= 15 is 0 Å². The van der Waals surface area contributed by atoms with Gasteiger partial charge in [0.2, 0.25) is 0 Å². The van der Waals surface area contributed by atoms with E-state index in [0.717, 1.165) is 45.0 Å². The molecule has 2 saturated heterocycles. The van der Waals surface area contributed by atoms with Gasteiger partial charge in [-0.05, 0) is 36.5 Å². The Labute approximate surface area is 214 Å². The molecule has 2 aliphatic heterocycles. The lowest BCUT2D eigenvalue weighted by atomic mass is 10.1. The molecule has 2 fully saturated rings. The minimum atomic E-state index is 0. The summed E-state index contributed by atoms with van der Waals surface area (Å²) < 4.78 is 17.8. The van der Waals surface area contributed by atoms with Crippen LogP contribution in [-0.4, -0.2) is 55.9 Å². The van der Waals surface area contributed by atoms with Crippen LogP contribution in [0.3, 0.4) is 0 Å². The molecular formula is C26H36IN3O3. The Balaban J connectivity index is 0.00000306. The van der Waals surface area contributed by atoms with E-state index in [4.69, 9.17) is 19.2 Å². The minimum Gasteiger partial charge on any atom is -0.375 e. The maximum atomic E-state index is 6.01. The topological polar surface area (TPSA) is 55.3 Å². The third kappa shape index (κ3) is 7.95. The molecule has 2 aliphatic rings. The van der Waals surface area contributed by atoms with Gasteiger partial charge in [0.25, 0.3) is 0 Å². The van der Waals surface area contributed by atoms with Crippen LogP contribution in [0, 0.1) is 0 Å². The number of benzene rings is 2. The first-order valence-corrected chi connectivity index (χ1v) is 11.8. The van der Waals surface area contributed by atoms with Crippen molar-refractivity contribution in [2.24, 2.45) is 4.99 Å². The lowest BCUT2D eigenvalue weighted by molar-refractivity contribution is -0.0817. The van der Waals surface area contributed by atoms with Crippen LogP contribution in [0.4, 0.5) is 0 Å². The molecule has 2 unspecified atom stereocenters. The van der Waals surface area contributed by atoms with E-state index < -0.39 is 0 Å². The summed E-state index contributed by atoms with van der Waals surface area (Å²) in [6.45, 7) is 8.04. The highest BCUT2D eigenvalue weighted by molar-refractivity contribution is 14.0. The molecule has 4 rings (SSSR count). The van der Waals surface area contributed by atoms with Gasteiger partial charge in [-0.15, -0.1) is 24.0 Å². The first kappa shape index (κ1) is 25.9. The monoisotopic (exact) mass is 565 g/mol. The molecule has 1 N–H and O–H groups in total. The van der Waals surface area contributed by atoms with Crippen molar-refractivity contribution >= 4 is 29.9 Å². The third-order valence-corrected chi connectivity index (χ3v) is 5.89. The van der Waals surface area contributed by atoms with E-state index in [2.05, 4.69) is 53.5 Å². The Hall–Kier alpha value is -1.68. The second-order valence-corrected chi connectivity index (χ2v) is 8.38. The van der Waals surface area contributed by atoms with Crippen molar-refractivity contribution in [2.45, 2.75) is 51.7 Å². The summed E-state index contributed by atoms with van der Waals surface area (Å²) in [5.41, 5.74) is 3.55. The SMILES string of the molecule is CCNC(=NCc1cccc(COCc2ccccc2)c1)N1CCOC(C2CCCO2)C1.I. The highest BCUT2D eigenvalue weighted by Gasteiger charge is 2.32. The number of hydrogen-bond acceptors (Lipinski definition) is 4. The summed E-state index contributed by atoms with van der Waals surface area (Å²) in [6, 6.07) is 18.8. The maximum Gasteiger partial charge on any atom is 0.194 e. The second-order valence-electron chi connectivity index (χ2n) is 8.38. The summed E-state index contributed by atoms with van der Waals surface area (Å²) in [7, 11) is 0. The summed E-state index contributed by atoms with van der Waals surface area (Å²) in [4.78, 5) is 7.24. The van der Waals surface area contributed by atoms with Crippen molar-refractivity contribution in [1.82, 2.24) is 10.2 Å². The fraction of sp³-hybridized carbons (Fsp3) is 0.500. The average molecular weight is 565 g/mol. The highest BCUT2D eigenvalue weighted by Crippen LogP contribution is 2.21. The van der Waals surface area contributed by atoms with Crippen LogP contribution in [-0.2, 0) is 34.0 Å². The van der Waals surface area contributed by atoms with Gasteiger partial charge in [-0.25, -0.2) is 4.99 Å². The van der Waals surface area contributed by atoms with Gasteiger partial charge in [0.1, 0.15) is 6.10 Å². The van der Waals surface area contributed by atoms with E-state index in [1.807, 2.05) is 18.2 Å². The molecule has 2 heterocycles. The maximum absolute atomic E-state index is 6.01. The Morgan fingerprint density at radius 1 is 1.00 bits per heavy atom. The normalized spacial score (nSPS) is 21.0. The van der Waals surface area contributed by atoms with Gasteiger partial charge in [0.15, 0.2) is 5.96 Å². The van der Waals surface area contributed by atoms with Gasteiger partial charge < -0.3 is 24.4 Å². The van der Waals surface area contributed by atoms with E-state index in [1.54, 1.807) is 0 Å². The fourth-order valence-corrected chi connectivity index (χ4v) is 4.26. The van der Waals surface area contributed by atoms with E-state index in [0.29, 0.717) is 26.4 Å². The first-order valence-electron chi connectivity index (χ1n) is 11.8. The number of morpholine rings is 1. The van der Waals surface area contributed by atoms with Gasteiger partial charge in [0.05, 0.1) is 32.5 Å². The minimum absolute atomic E-state index is 0. The molecule has 2 aromatic rings. The number of ether oxygens (including phenoxy) is 3. The lowest BCUT2D eigenvalue weighted by Crippen LogP contribution is -2.53. The van der Waals surface area contributed by atoms with Crippen LogP contribution >= 0.6 is 24.0 Å². The van der Waals surface area contributed by atoms with Crippen molar-refractivity contribution in [2.75, 3.05) is 32.8 Å².